The molecule has 0 radical (unpaired) electrons. The maximum atomic E-state index is 12.0. The quantitative estimate of drug-likeness (QED) is 0.860. The molecule has 0 bridgehead atoms. The zero-order valence-corrected chi connectivity index (χ0v) is 11.2. The third-order valence-corrected chi connectivity index (χ3v) is 2.78. The normalized spacial score (nSPS) is 10.1. The van der Waals surface area contributed by atoms with Crippen molar-refractivity contribution in [2.75, 3.05) is 5.32 Å². The lowest BCUT2D eigenvalue weighted by Crippen LogP contribution is -2.20. The summed E-state index contributed by atoms with van der Waals surface area (Å²) < 4.78 is 1.36. The minimum absolute atomic E-state index is 0.178. The highest BCUT2D eigenvalue weighted by molar-refractivity contribution is 6.04. The Morgan fingerprint density at radius 1 is 1.33 bits per heavy atom. The first-order valence-electron chi connectivity index (χ1n) is 6.10. The summed E-state index contributed by atoms with van der Waals surface area (Å²) in [6.07, 6.45) is 2.70. The van der Waals surface area contributed by atoms with Gasteiger partial charge < -0.3 is 15.0 Å². The lowest BCUT2D eigenvalue weighted by molar-refractivity contribution is -0.136. The topological polar surface area (TPSA) is 101 Å². The third kappa shape index (κ3) is 3.75. The number of nitrogens with one attached hydrogen (secondary N) is 1. The van der Waals surface area contributed by atoms with E-state index in [9.17, 15) is 14.4 Å². The largest absolute Gasteiger partial charge is 0.481 e. The second kappa shape index (κ2) is 6.00. The number of pyridine rings is 2. The van der Waals surface area contributed by atoms with Crippen molar-refractivity contribution in [2.24, 2.45) is 7.05 Å². The molecule has 7 heteroatoms. The third-order valence-electron chi connectivity index (χ3n) is 2.78. The molecule has 0 atom stereocenters. The SMILES string of the molecule is Cn1ccc(C(=O)Nc2ccc(CC(=O)O)nc2)cc1=O. The lowest BCUT2D eigenvalue weighted by Gasteiger charge is -2.06. The van der Waals surface area contributed by atoms with Crippen molar-refractivity contribution in [1.82, 2.24) is 9.55 Å². The van der Waals surface area contributed by atoms with E-state index in [1.807, 2.05) is 0 Å². The van der Waals surface area contributed by atoms with Crippen LogP contribution < -0.4 is 10.9 Å². The van der Waals surface area contributed by atoms with Gasteiger partial charge in [-0.2, -0.15) is 0 Å². The first kappa shape index (κ1) is 14.4. The van der Waals surface area contributed by atoms with Crippen molar-refractivity contribution < 1.29 is 14.7 Å². The number of aryl methyl sites for hydroxylation is 1. The van der Waals surface area contributed by atoms with Crippen LogP contribution in [-0.2, 0) is 18.3 Å². The molecule has 0 saturated carbocycles. The Bertz CT molecular complexity index is 735. The highest BCUT2D eigenvalue weighted by atomic mass is 16.4. The number of carbonyl (C=O) groups is 2. The minimum atomic E-state index is -0.973. The Labute approximate surface area is 119 Å². The Morgan fingerprint density at radius 2 is 2.10 bits per heavy atom. The highest BCUT2D eigenvalue weighted by Gasteiger charge is 2.08. The predicted molar refractivity (Wildman–Crippen MR) is 75.2 cm³/mol. The first-order chi connectivity index (χ1) is 9.95. The molecular formula is C14H13N3O4. The van der Waals surface area contributed by atoms with Crippen LogP contribution >= 0.6 is 0 Å². The molecule has 2 heterocycles. The average Bonchev–Trinajstić information content (AvgIpc) is 2.43. The molecule has 1 amide bonds. The maximum absolute atomic E-state index is 12.0. The fraction of sp³-hybridized carbons (Fsp3) is 0.143. The van der Waals surface area contributed by atoms with Gasteiger partial charge in [-0.3, -0.25) is 19.4 Å². The van der Waals surface area contributed by atoms with Crippen LogP contribution in [0.4, 0.5) is 5.69 Å². The summed E-state index contributed by atoms with van der Waals surface area (Å²) in [5, 5.41) is 11.2. The van der Waals surface area contributed by atoms with Crippen LogP contribution in [0, 0.1) is 0 Å². The number of hydrogen-bond acceptors (Lipinski definition) is 4. The summed E-state index contributed by atoms with van der Waals surface area (Å²) in [4.78, 5) is 37.9. The van der Waals surface area contributed by atoms with Crippen LogP contribution in [0.1, 0.15) is 16.1 Å². The Balaban J connectivity index is 2.10. The van der Waals surface area contributed by atoms with Gasteiger partial charge in [0.2, 0.25) is 0 Å². The van der Waals surface area contributed by atoms with E-state index in [0.29, 0.717) is 11.4 Å². The van der Waals surface area contributed by atoms with Crippen molar-refractivity contribution in [3.05, 3.63) is 58.3 Å². The summed E-state index contributed by atoms with van der Waals surface area (Å²) in [6.45, 7) is 0. The van der Waals surface area contributed by atoms with Crippen molar-refractivity contribution in [1.29, 1.82) is 0 Å². The maximum Gasteiger partial charge on any atom is 0.309 e. The van der Waals surface area contributed by atoms with E-state index < -0.39 is 11.9 Å². The summed E-state index contributed by atoms with van der Waals surface area (Å²) in [5.74, 6) is -1.40. The van der Waals surface area contributed by atoms with Gasteiger partial charge in [-0.25, -0.2) is 0 Å². The van der Waals surface area contributed by atoms with E-state index >= 15 is 0 Å². The average molecular weight is 287 g/mol. The molecule has 7 nitrogen and oxygen atoms in total. The van der Waals surface area contributed by atoms with E-state index in [4.69, 9.17) is 5.11 Å². The lowest BCUT2D eigenvalue weighted by atomic mass is 10.2. The molecule has 2 N–H and O–H groups in total. The van der Waals surface area contributed by atoms with E-state index in [0.717, 1.165) is 0 Å². The van der Waals surface area contributed by atoms with Gasteiger partial charge in [-0.05, 0) is 18.2 Å². The number of hydrogen-bond donors (Lipinski definition) is 2. The number of anilines is 1. The van der Waals surface area contributed by atoms with Gasteiger partial charge in [0.25, 0.3) is 11.5 Å². The summed E-state index contributed by atoms with van der Waals surface area (Å²) in [6, 6.07) is 5.85. The van der Waals surface area contributed by atoms with Crippen molar-refractivity contribution in [3.8, 4) is 0 Å². The Hall–Kier alpha value is -2.96. The Morgan fingerprint density at radius 3 is 2.67 bits per heavy atom. The van der Waals surface area contributed by atoms with Gasteiger partial charge in [0, 0.05) is 24.9 Å². The monoisotopic (exact) mass is 287 g/mol. The summed E-state index contributed by atoms with van der Waals surface area (Å²) >= 11 is 0. The minimum Gasteiger partial charge on any atom is -0.481 e. The summed E-state index contributed by atoms with van der Waals surface area (Å²) in [7, 11) is 1.59. The van der Waals surface area contributed by atoms with Gasteiger partial charge in [0.05, 0.1) is 24.0 Å². The highest BCUT2D eigenvalue weighted by Crippen LogP contribution is 2.08. The molecule has 21 heavy (non-hydrogen) atoms. The fourth-order valence-electron chi connectivity index (χ4n) is 1.65. The number of aromatic nitrogens is 2. The van der Waals surface area contributed by atoms with Gasteiger partial charge >= 0.3 is 5.97 Å². The van der Waals surface area contributed by atoms with Gasteiger partial charge in [-0.1, -0.05) is 0 Å². The van der Waals surface area contributed by atoms with E-state index in [1.54, 1.807) is 13.1 Å². The van der Waals surface area contributed by atoms with Crippen LogP contribution in [0.3, 0.4) is 0 Å². The molecule has 0 aliphatic heterocycles. The van der Waals surface area contributed by atoms with Crippen LogP contribution in [-0.4, -0.2) is 26.5 Å². The van der Waals surface area contributed by atoms with E-state index in [1.165, 1.54) is 35.2 Å². The van der Waals surface area contributed by atoms with Crippen molar-refractivity contribution >= 4 is 17.6 Å². The van der Waals surface area contributed by atoms with E-state index in [-0.39, 0.29) is 17.5 Å². The number of rotatable bonds is 4. The second-order valence-corrected chi connectivity index (χ2v) is 4.43. The van der Waals surface area contributed by atoms with Gasteiger partial charge in [0.15, 0.2) is 0 Å². The molecule has 2 aromatic rings. The smallest absolute Gasteiger partial charge is 0.309 e. The van der Waals surface area contributed by atoms with Crippen LogP contribution in [0.15, 0.2) is 41.5 Å². The van der Waals surface area contributed by atoms with E-state index in [2.05, 4.69) is 10.3 Å². The second-order valence-electron chi connectivity index (χ2n) is 4.43. The number of carboxylic acid groups (broad SMARTS) is 1. The molecule has 0 saturated heterocycles. The molecule has 2 rings (SSSR count). The standard InChI is InChI=1S/C14H13N3O4/c1-17-5-4-9(6-12(17)18)14(21)16-11-3-2-10(15-8-11)7-13(19)20/h2-6,8H,7H2,1H3,(H,16,21)(H,19,20). The van der Waals surface area contributed by atoms with Crippen LogP contribution in [0.2, 0.25) is 0 Å². The molecule has 0 fully saturated rings. The van der Waals surface area contributed by atoms with Crippen LogP contribution in [0.25, 0.3) is 0 Å². The Kier molecular flexibility index (Phi) is 4.13. The molecule has 108 valence electrons. The number of carbonyl (C=O) groups excluding carboxylic acids is 1. The zero-order valence-electron chi connectivity index (χ0n) is 11.2. The number of aliphatic carboxylic acids is 1. The van der Waals surface area contributed by atoms with Crippen molar-refractivity contribution in [2.45, 2.75) is 6.42 Å². The molecule has 0 unspecified atom stereocenters. The molecule has 0 spiro atoms. The first-order valence-corrected chi connectivity index (χ1v) is 6.10. The predicted octanol–water partition coefficient (Wildman–Crippen LogP) is 0.660. The van der Waals surface area contributed by atoms with Gasteiger partial charge in [-0.15, -0.1) is 0 Å². The van der Waals surface area contributed by atoms with Gasteiger partial charge in [0.1, 0.15) is 0 Å². The molecular weight excluding hydrogens is 274 g/mol. The fourth-order valence-corrected chi connectivity index (χ4v) is 1.65. The molecule has 0 aliphatic rings. The van der Waals surface area contributed by atoms with Crippen molar-refractivity contribution in [3.63, 3.8) is 0 Å². The molecule has 0 aliphatic carbocycles. The number of amides is 1. The molecule has 2 aromatic heterocycles. The zero-order chi connectivity index (χ0) is 15.4. The van der Waals surface area contributed by atoms with Crippen LogP contribution in [0.5, 0.6) is 0 Å². The number of carboxylic acids is 1. The summed E-state index contributed by atoms with van der Waals surface area (Å²) in [5.41, 5.74) is 0.786. The number of nitrogens with zero attached hydrogens (tertiary/aromatic N) is 2. The molecule has 0 aromatic carbocycles.